The number of halogens is 3. The highest BCUT2D eigenvalue weighted by molar-refractivity contribution is 7.17. The van der Waals surface area contributed by atoms with Gasteiger partial charge in [-0.3, -0.25) is 9.59 Å². The Kier molecular flexibility index (Phi) is 5.20. The van der Waals surface area contributed by atoms with Crippen molar-refractivity contribution in [2.24, 2.45) is 5.73 Å². The summed E-state index contributed by atoms with van der Waals surface area (Å²) in [5.74, 6) is -1.36. The maximum absolute atomic E-state index is 13.7. The zero-order valence-electron chi connectivity index (χ0n) is 16.9. The number of rotatable bonds is 4. The van der Waals surface area contributed by atoms with Crippen LogP contribution in [-0.2, 0) is 19.0 Å². The average molecular weight is 492 g/mol. The molecule has 1 aliphatic carbocycles. The molecular formula is C21H16F3N5O2S2. The average Bonchev–Trinajstić information content (AvgIpc) is 3.49. The van der Waals surface area contributed by atoms with Crippen molar-refractivity contribution >= 4 is 45.1 Å². The smallest absolute Gasteiger partial charge is 0.365 e. The molecule has 0 saturated heterocycles. The maximum atomic E-state index is 13.7. The minimum absolute atomic E-state index is 0.0868. The van der Waals surface area contributed by atoms with E-state index in [1.807, 2.05) is 0 Å². The normalized spacial score (nSPS) is 13.8. The molecule has 4 aromatic rings. The van der Waals surface area contributed by atoms with Gasteiger partial charge in [0.2, 0.25) is 0 Å². The predicted molar refractivity (Wildman–Crippen MR) is 119 cm³/mol. The van der Waals surface area contributed by atoms with Crippen molar-refractivity contribution in [3.05, 3.63) is 57.0 Å². The van der Waals surface area contributed by atoms with E-state index in [9.17, 15) is 22.8 Å². The summed E-state index contributed by atoms with van der Waals surface area (Å²) in [6.45, 7) is 0. The number of fused-ring (bicyclic) bond motifs is 2. The van der Waals surface area contributed by atoms with E-state index in [4.69, 9.17) is 5.73 Å². The van der Waals surface area contributed by atoms with Crippen LogP contribution in [0.2, 0.25) is 0 Å². The van der Waals surface area contributed by atoms with E-state index in [1.54, 1.807) is 17.5 Å². The van der Waals surface area contributed by atoms with Crippen LogP contribution in [0.5, 0.6) is 0 Å². The number of nitrogens with one attached hydrogen (secondary N) is 1. The van der Waals surface area contributed by atoms with Crippen LogP contribution in [0, 0.1) is 0 Å². The monoisotopic (exact) mass is 491 g/mol. The molecule has 0 saturated carbocycles. The zero-order chi connectivity index (χ0) is 23.3. The summed E-state index contributed by atoms with van der Waals surface area (Å²) in [5, 5.41) is 8.46. The van der Waals surface area contributed by atoms with Gasteiger partial charge in [-0.1, -0.05) is 6.07 Å². The third-order valence-corrected chi connectivity index (χ3v) is 7.52. The molecule has 3 N–H and O–H groups in total. The summed E-state index contributed by atoms with van der Waals surface area (Å²) in [4.78, 5) is 31.0. The lowest BCUT2D eigenvalue weighted by Crippen LogP contribution is -2.19. The Morgan fingerprint density at radius 2 is 2.00 bits per heavy atom. The lowest BCUT2D eigenvalue weighted by Gasteiger charge is -2.11. The van der Waals surface area contributed by atoms with Gasteiger partial charge >= 0.3 is 6.18 Å². The number of alkyl halides is 3. The second-order valence-electron chi connectivity index (χ2n) is 7.53. The highest BCUT2D eigenvalue weighted by Crippen LogP contribution is 2.38. The van der Waals surface area contributed by atoms with Gasteiger partial charge in [0.15, 0.2) is 11.3 Å². The van der Waals surface area contributed by atoms with Gasteiger partial charge in [-0.05, 0) is 48.8 Å². The number of nitrogens with zero attached hydrogens (tertiary/aromatic N) is 3. The number of nitrogens with two attached hydrogens (primary N) is 1. The lowest BCUT2D eigenvalue weighted by atomic mass is 9.95. The Balaban J connectivity index is 1.60. The fourth-order valence-corrected chi connectivity index (χ4v) is 5.94. The van der Waals surface area contributed by atoms with Crippen molar-refractivity contribution in [2.45, 2.75) is 31.9 Å². The van der Waals surface area contributed by atoms with Crippen LogP contribution in [0.25, 0.3) is 16.2 Å². The molecule has 0 atom stereocenters. The van der Waals surface area contributed by atoms with E-state index in [2.05, 4.69) is 15.4 Å². The Morgan fingerprint density at radius 3 is 2.70 bits per heavy atom. The zero-order valence-corrected chi connectivity index (χ0v) is 18.5. The van der Waals surface area contributed by atoms with Crippen molar-refractivity contribution in [3.8, 4) is 10.6 Å². The van der Waals surface area contributed by atoms with Gasteiger partial charge in [0.05, 0.1) is 22.3 Å². The van der Waals surface area contributed by atoms with E-state index in [0.717, 1.165) is 42.0 Å². The molecular weight excluding hydrogens is 475 g/mol. The molecule has 2 amide bonds. The predicted octanol–water partition coefficient (Wildman–Crippen LogP) is 4.77. The molecule has 0 aromatic carbocycles. The molecule has 170 valence electrons. The third kappa shape index (κ3) is 3.78. The van der Waals surface area contributed by atoms with Crippen LogP contribution in [-0.4, -0.2) is 26.4 Å². The van der Waals surface area contributed by atoms with Gasteiger partial charge in [-0.25, -0.2) is 9.50 Å². The Labute approximate surface area is 193 Å². The summed E-state index contributed by atoms with van der Waals surface area (Å²) in [6.07, 6.45) is -0.295. The van der Waals surface area contributed by atoms with E-state index in [1.165, 1.54) is 22.7 Å². The second kappa shape index (κ2) is 7.96. The van der Waals surface area contributed by atoms with Crippen LogP contribution >= 0.6 is 22.7 Å². The number of carbonyl (C=O) groups is 2. The van der Waals surface area contributed by atoms with Crippen molar-refractivity contribution in [1.29, 1.82) is 0 Å². The first-order valence-corrected chi connectivity index (χ1v) is 11.7. The number of hydrogen-bond donors (Lipinski definition) is 2. The van der Waals surface area contributed by atoms with Crippen molar-refractivity contribution in [3.63, 3.8) is 0 Å². The number of hydrogen-bond acceptors (Lipinski definition) is 6. The van der Waals surface area contributed by atoms with Gasteiger partial charge in [0, 0.05) is 4.88 Å². The first-order chi connectivity index (χ1) is 15.7. The number of primary amides is 1. The molecule has 12 heteroatoms. The van der Waals surface area contributed by atoms with Crippen LogP contribution < -0.4 is 11.1 Å². The van der Waals surface area contributed by atoms with Crippen molar-refractivity contribution < 1.29 is 22.8 Å². The van der Waals surface area contributed by atoms with Crippen LogP contribution in [0.1, 0.15) is 49.7 Å². The second-order valence-corrected chi connectivity index (χ2v) is 9.58. The minimum Gasteiger partial charge on any atom is -0.365 e. The van der Waals surface area contributed by atoms with Gasteiger partial charge in [0.25, 0.3) is 11.8 Å². The quantitative estimate of drug-likeness (QED) is 0.429. The molecule has 0 radical (unpaired) electrons. The molecule has 5 rings (SSSR count). The largest absolute Gasteiger partial charge is 0.433 e. The Bertz CT molecular complexity index is 1390. The number of carbonyl (C=O) groups excluding carboxylic acids is 2. The highest BCUT2D eigenvalue weighted by Gasteiger charge is 2.36. The van der Waals surface area contributed by atoms with E-state index in [-0.39, 0.29) is 22.5 Å². The number of aromatic nitrogens is 3. The maximum Gasteiger partial charge on any atom is 0.433 e. The Morgan fingerprint density at radius 1 is 1.21 bits per heavy atom. The van der Waals surface area contributed by atoms with Crippen LogP contribution in [0.15, 0.2) is 29.8 Å². The van der Waals surface area contributed by atoms with Crippen LogP contribution in [0.4, 0.5) is 18.2 Å². The fraction of sp³-hybridized carbons (Fsp3) is 0.238. The summed E-state index contributed by atoms with van der Waals surface area (Å²) in [6, 6.07) is 4.26. The Hall–Kier alpha value is -3.25. The molecule has 0 aliphatic heterocycles. The molecule has 0 fully saturated rings. The molecule has 33 heavy (non-hydrogen) atoms. The van der Waals surface area contributed by atoms with E-state index in [0.29, 0.717) is 20.8 Å². The van der Waals surface area contributed by atoms with E-state index < -0.39 is 23.7 Å². The molecule has 0 spiro atoms. The lowest BCUT2D eigenvalue weighted by molar-refractivity contribution is -0.142. The molecule has 1 aliphatic rings. The van der Waals surface area contributed by atoms with Gasteiger partial charge in [0.1, 0.15) is 10.6 Å². The number of amides is 2. The summed E-state index contributed by atoms with van der Waals surface area (Å²) < 4.78 is 41.8. The molecule has 4 aromatic heterocycles. The number of aryl methyl sites for hydroxylation is 1. The van der Waals surface area contributed by atoms with Gasteiger partial charge in [-0.2, -0.15) is 18.3 Å². The fourth-order valence-electron chi connectivity index (χ4n) is 3.96. The highest BCUT2D eigenvalue weighted by atomic mass is 32.1. The summed E-state index contributed by atoms with van der Waals surface area (Å²) in [7, 11) is 0. The molecule has 0 unspecified atom stereocenters. The molecule has 0 bridgehead atoms. The first kappa shape index (κ1) is 21.6. The molecule has 7 nitrogen and oxygen atoms in total. The minimum atomic E-state index is -4.71. The van der Waals surface area contributed by atoms with E-state index >= 15 is 0 Å². The number of thiophene rings is 2. The SMILES string of the molecule is NC(=O)c1c(NC(=O)c2cnn3c(C(F)(F)F)cc(-c4cccs4)nc23)sc2c1CCCC2. The number of anilines is 1. The first-order valence-electron chi connectivity index (χ1n) is 9.99. The topological polar surface area (TPSA) is 102 Å². The summed E-state index contributed by atoms with van der Waals surface area (Å²) in [5.41, 5.74) is 5.36. The van der Waals surface area contributed by atoms with Crippen molar-refractivity contribution in [1.82, 2.24) is 14.6 Å². The third-order valence-electron chi connectivity index (χ3n) is 5.43. The van der Waals surface area contributed by atoms with Gasteiger partial charge in [-0.15, -0.1) is 22.7 Å². The molecule has 4 heterocycles. The van der Waals surface area contributed by atoms with Gasteiger partial charge < -0.3 is 11.1 Å². The summed E-state index contributed by atoms with van der Waals surface area (Å²) >= 11 is 2.51. The van der Waals surface area contributed by atoms with Crippen LogP contribution in [0.3, 0.4) is 0 Å². The standard InChI is InChI=1S/C21H16F3N5O2S2/c22-21(23,24)15-8-12(14-6-3-7-32-14)27-18-11(9-26-29(15)18)19(31)28-20-16(17(25)30)10-4-1-2-5-13(10)33-20/h3,6-9H,1-2,4-5H2,(H2,25,30)(H,28,31). The van der Waals surface area contributed by atoms with Crippen molar-refractivity contribution in [2.75, 3.05) is 5.32 Å².